The molecular formula is C15H11FN2O3. The van der Waals surface area contributed by atoms with Gasteiger partial charge in [0.1, 0.15) is 5.82 Å². The number of fused-ring (bicyclic) bond motifs is 1. The van der Waals surface area contributed by atoms with Gasteiger partial charge < -0.3 is 10.1 Å². The minimum atomic E-state index is -1.15. The van der Waals surface area contributed by atoms with Crippen molar-refractivity contribution in [2.45, 2.75) is 6.92 Å². The molecular weight excluding hydrogens is 275 g/mol. The van der Waals surface area contributed by atoms with E-state index in [-0.39, 0.29) is 16.8 Å². The van der Waals surface area contributed by atoms with Crippen LogP contribution in [0.3, 0.4) is 0 Å². The number of aromatic amines is 1. The third-order valence-corrected chi connectivity index (χ3v) is 3.36. The summed E-state index contributed by atoms with van der Waals surface area (Å²) >= 11 is 0. The highest BCUT2D eigenvalue weighted by Gasteiger charge is 2.18. The van der Waals surface area contributed by atoms with Crippen LogP contribution in [0.4, 0.5) is 4.39 Å². The van der Waals surface area contributed by atoms with Crippen LogP contribution in [0.25, 0.3) is 16.7 Å². The molecule has 0 amide bonds. The standard InChI is InChI=1S/C15H11FN2O3/c1-8-4-2-6-10(16)13(8)18-11-7-3-5-9(14(19)20)12(11)17-15(18)21/h2-7H,1H3,(H,17,21)(H,19,20). The first-order chi connectivity index (χ1) is 10.0. The highest BCUT2D eigenvalue weighted by atomic mass is 19.1. The number of nitrogens with one attached hydrogen (secondary N) is 1. The lowest BCUT2D eigenvalue weighted by Crippen LogP contribution is -2.16. The number of aromatic nitrogens is 2. The number of carboxylic acid groups (broad SMARTS) is 1. The Balaban J connectivity index is 2.45. The van der Waals surface area contributed by atoms with Crippen LogP contribution < -0.4 is 5.69 Å². The number of carbonyl (C=O) groups is 1. The minimum Gasteiger partial charge on any atom is -0.478 e. The van der Waals surface area contributed by atoms with Crippen molar-refractivity contribution in [3.63, 3.8) is 0 Å². The lowest BCUT2D eigenvalue weighted by Gasteiger charge is -2.08. The number of hydrogen-bond acceptors (Lipinski definition) is 2. The van der Waals surface area contributed by atoms with Crippen molar-refractivity contribution in [2.75, 3.05) is 0 Å². The molecule has 0 bridgehead atoms. The Labute approximate surface area is 118 Å². The van der Waals surface area contributed by atoms with E-state index >= 15 is 0 Å². The van der Waals surface area contributed by atoms with Crippen LogP contribution in [-0.2, 0) is 0 Å². The third kappa shape index (κ3) is 1.92. The number of nitrogens with zero attached hydrogens (tertiary/aromatic N) is 1. The summed E-state index contributed by atoms with van der Waals surface area (Å²) in [6.45, 7) is 1.69. The molecule has 0 aliphatic carbocycles. The predicted molar refractivity (Wildman–Crippen MR) is 75.6 cm³/mol. The molecule has 0 spiro atoms. The highest BCUT2D eigenvalue weighted by Crippen LogP contribution is 2.23. The summed E-state index contributed by atoms with van der Waals surface area (Å²) in [6.07, 6.45) is 0. The summed E-state index contributed by atoms with van der Waals surface area (Å²) in [5.74, 6) is -1.70. The number of rotatable bonds is 2. The summed E-state index contributed by atoms with van der Waals surface area (Å²) in [5.41, 5.74) is 0.602. The minimum absolute atomic E-state index is 0.0302. The van der Waals surface area contributed by atoms with E-state index in [1.807, 2.05) is 0 Å². The molecule has 0 saturated carbocycles. The molecule has 0 aliphatic rings. The Bertz CT molecular complexity index is 904. The van der Waals surface area contributed by atoms with Gasteiger partial charge in [-0.1, -0.05) is 18.2 Å². The summed E-state index contributed by atoms with van der Waals surface area (Å²) < 4.78 is 15.2. The van der Waals surface area contributed by atoms with Crippen molar-refractivity contribution in [1.29, 1.82) is 0 Å². The zero-order valence-corrected chi connectivity index (χ0v) is 11.1. The lowest BCUT2D eigenvalue weighted by molar-refractivity contribution is 0.0699. The van der Waals surface area contributed by atoms with E-state index in [0.717, 1.165) is 4.57 Å². The van der Waals surface area contributed by atoms with Gasteiger partial charge in [0.25, 0.3) is 0 Å². The number of para-hydroxylation sites is 2. The van der Waals surface area contributed by atoms with E-state index < -0.39 is 17.5 Å². The summed E-state index contributed by atoms with van der Waals surface area (Å²) in [6, 6.07) is 8.98. The number of halogens is 1. The molecule has 6 heteroatoms. The zero-order valence-electron chi connectivity index (χ0n) is 11.1. The van der Waals surface area contributed by atoms with Crippen LogP contribution in [0.2, 0.25) is 0 Å². The Morgan fingerprint density at radius 1 is 1.24 bits per heavy atom. The smallest absolute Gasteiger partial charge is 0.337 e. The van der Waals surface area contributed by atoms with Crippen molar-refractivity contribution in [2.24, 2.45) is 0 Å². The van der Waals surface area contributed by atoms with Crippen LogP contribution in [0.5, 0.6) is 0 Å². The second-order valence-electron chi connectivity index (χ2n) is 4.68. The molecule has 1 heterocycles. The molecule has 0 atom stereocenters. The molecule has 0 unspecified atom stereocenters. The molecule has 21 heavy (non-hydrogen) atoms. The average Bonchev–Trinajstić information content (AvgIpc) is 2.75. The van der Waals surface area contributed by atoms with Gasteiger partial charge in [-0.3, -0.25) is 4.57 Å². The van der Waals surface area contributed by atoms with Crippen molar-refractivity contribution < 1.29 is 14.3 Å². The van der Waals surface area contributed by atoms with Crippen molar-refractivity contribution >= 4 is 17.0 Å². The van der Waals surface area contributed by atoms with Gasteiger partial charge in [-0.2, -0.15) is 0 Å². The first kappa shape index (κ1) is 13.1. The monoisotopic (exact) mass is 286 g/mol. The molecule has 0 fully saturated rings. The van der Waals surface area contributed by atoms with Crippen LogP contribution in [0, 0.1) is 12.7 Å². The van der Waals surface area contributed by atoms with E-state index in [0.29, 0.717) is 11.1 Å². The maximum atomic E-state index is 14.1. The summed E-state index contributed by atoms with van der Waals surface area (Å²) in [5, 5.41) is 9.16. The number of hydrogen-bond donors (Lipinski definition) is 2. The second kappa shape index (κ2) is 4.59. The van der Waals surface area contributed by atoms with E-state index in [9.17, 15) is 14.0 Å². The van der Waals surface area contributed by atoms with Gasteiger partial charge in [-0.05, 0) is 30.7 Å². The van der Waals surface area contributed by atoms with E-state index in [4.69, 9.17) is 5.11 Å². The van der Waals surface area contributed by atoms with Gasteiger partial charge >= 0.3 is 11.7 Å². The number of aryl methyl sites for hydroxylation is 1. The van der Waals surface area contributed by atoms with Gasteiger partial charge in [0.15, 0.2) is 0 Å². The summed E-state index contributed by atoms with van der Waals surface area (Å²) in [7, 11) is 0. The van der Waals surface area contributed by atoms with Crippen LogP contribution in [0.1, 0.15) is 15.9 Å². The number of aromatic carboxylic acids is 1. The van der Waals surface area contributed by atoms with Crippen LogP contribution in [0.15, 0.2) is 41.2 Å². The number of imidazole rings is 1. The van der Waals surface area contributed by atoms with Crippen molar-refractivity contribution in [1.82, 2.24) is 9.55 Å². The number of H-pyrrole nitrogens is 1. The Hall–Kier alpha value is -2.89. The maximum absolute atomic E-state index is 14.1. The molecule has 0 radical (unpaired) electrons. The largest absolute Gasteiger partial charge is 0.478 e. The quantitative estimate of drug-likeness (QED) is 0.760. The van der Waals surface area contributed by atoms with Crippen molar-refractivity contribution in [3.8, 4) is 5.69 Å². The van der Waals surface area contributed by atoms with Crippen molar-refractivity contribution in [3.05, 3.63) is 63.8 Å². The molecule has 3 rings (SSSR count). The normalized spacial score (nSPS) is 11.0. The first-order valence-corrected chi connectivity index (χ1v) is 6.23. The molecule has 2 N–H and O–H groups in total. The number of benzene rings is 2. The molecule has 106 valence electrons. The topological polar surface area (TPSA) is 75.1 Å². The fraction of sp³-hybridized carbons (Fsp3) is 0.0667. The Kier molecular flexibility index (Phi) is 2.86. The Morgan fingerprint density at radius 2 is 1.95 bits per heavy atom. The average molecular weight is 286 g/mol. The predicted octanol–water partition coefficient (Wildman–Crippen LogP) is 2.46. The molecule has 2 aromatic carbocycles. The van der Waals surface area contributed by atoms with Gasteiger partial charge in [-0.15, -0.1) is 0 Å². The third-order valence-electron chi connectivity index (χ3n) is 3.36. The molecule has 0 saturated heterocycles. The van der Waals surface area contributed by atoms with Gasteiger partial charge in [0.05, 0.1) is 22.3 Å². The van der Waals surface area contributed by atoms with Gasteiger partial charge in [-0.25, -0.2) is 14.0 Å². The SMILES string of the molecule is Cc1cccc(F)c1-n1c(=O)[nH]c2c(C(=O)O)cccc21. The maximum Gasteiger partial charge on any atom is 0.337 e. The van der Waals surface area contributed by atoms with E-state index in [2.05, 4.69) is 4.98 Å². The second-order valence-corrected chi connectivity index (χ2v) is 4.68. The van der Waals surface area contributed by atoms with Crippen LogP contribution in [-0.4, -0.2) is 20.6 Å². The summed E-state index contributed by atoms with van der Waals surface area (Å²) in [4.78, 5) is 25.9. The van der Waals surface area contributed by atoms with Gasteiger partial charge in [0, 0.05) is 0 Å². The first-order valence-electron chi connectivity index (χ1n) is 6.23. The fourth-order valence-corrected chi connectivity index (χ4v) is 2.44. The fourth-order valence-electron chi connectivity index (χ4n) is 2.44. The molecule has 5 nitrogen and oxygen atoms in total. The van der Waals surface area contributed by atoms with Gasteiger partial charge in [0.2, 0.25) is 0 Å². The lowest BCUT2D eigenvalue weighted by atomic mass is 10.1. The molecule has 3 aromatic rings. The number of carboxylic acids is 1. The highest BCUT2D eigenvalue weighted by molar-refractivity contribution is 6.01. The molecule has 1 aromatic heterocycles. The zero-order chi connectivity index (χ0) is 15.1. The molecule has 0 aliphatic heterocycles. The van der Waals surface area contributed by atoms with E-state index in [1.165, 1.54) is 18.2 Å². The Morgan fingerprint density at radius 3 is 2.62 bits per heavy atom. The van der Waals surface area contributed by atoms with Crippen LogP contribution >= 0.6 is 0 Å². The van der Waals surface area contributed by atoms with E-state index in [1.54, 1.807) is 25.1 Å².